The third-order valence-electron chi connectivity index (χ3n) is 2.07. The fourth-order valence-corrected chi connectivity index (χ4v) is 1.16. The lowest BCUT2D eigenvalue weighted by molar-refractivity contribution is 0.340. The van der Waals surface area contributed by atoms with Crippen LogP contribution in [0.25, 0.3) is 0 Å². The molecule has 7 nitrogen and oxygen atoms in total. The zero-order valence-electron chi connectivity index (χ0n) is 8.65. The van der Waals surface area contributed by atoms with Gasteiger partial charge in [0.2, 0.25) is 5.95 Å². The second kappa shape index (κ2) is 4.26. The van der Waals surface area contributed by atoms with Crippen molar-refractivity contribution in [2.24, 2.45) is 0 Å². The topological polar surface area (TPSA) is 81.2 Å². The zero-order chi connectivity index (χ0) is 10.7. The van der Waals surface area contributed by atoms with Gasteiger partial charge in [-0.05, 0) is 0 Å². The van der Waals surface area contributed by atoms with Crippen LogP contribution < -0.4 is 20.1 Å². The van der Waals surface area contributed by atoms with Crippen LogP contribution in [0.4, 0.5) is 5.95 Å². The van der Waals surface area contributed by atoms with Crippen LogP contribution in [0.3, 0.4) is 0 Å². The molecular weight excluding hydrogens is 198 g/mol. The van der Waals surface area contributed by atoms with E-state index in [1.807, 2.05) is 0 Å². The molecule has 15 heavy (non-hydrogen) atoms. The number of methoxy groups -OCH3 is 2. The molecule has 1 saturated heterocycles. The number of nitrogens with one attached hydrogen (secondary N) is 2. The third-order valence-corrected chi connectivity index (χ3v) is 2.07. The quantitative estimate of drug-likeness (QED) is 0.679. The number of nitrogens with zero attached hydrogens (tertiary/aromatic N) is 3. The van der Waals surface area contributed by atoms with Crippen molar-refractivity contribution >= 4 is 5.95 Å². The van der Waals surface area contributed by atoms with E-state index in [-0.39, 0.29) is 12.0 Å². The molecule has 0 aliphatic carbocycles. The summed E-state index contributed by atoms with van der Waals surface area (Å²) in [5.74, 6) is 0.477. The van der Waals surface area contributed by atoms with Crippen molar-refractivity contribution in [3.05, 3.63) is 0 Å². The Morgan fingerprint density at radius 3 is 2.13 bits per heavy atom. The van der Waals surface area contributed by atoms with Gasteiger partial charge in [0, 0.05) is 13.1 Å². The highest BCUT2D eigenvalue weighted by molar-refractivity contribution is 5.30. The van der Waals surface area contributed by atoms with Gasteiger partial charge in [-0.1, -0.05) is 0 Å². The van der Waals surface area contributed by atoms with Crippen LogP contribution >= 0.6 is 0 Å². The summed E-state index contributed by atoms with van der Waals surface area (Å²) in [4.78, 5) is 12.0. The Morgan fingerprint density at radius 2 is 1.73 bits per heavy atom. The minimum Gasteiger partial charge on any atom is -0.467 e. The number of hydrogen-bond donors (Lipinski definition) is 2. The molecule has 0 amide bonds. The Kier molecular flexibility index (Phi) is 2.82. The molecule has 1 aliphatic rings. The van der Waals surface area contributed by atoms with Gasteiger partial charge in [0.05, 0.1) is 20.3 Å². The van der Waals surface area contributed by atoms with Gasteiger partial charge in [-0.25, -0.2) is 0 Å². The van der Waals surface area contributed by atoms with Crippen molar-refractivity contribution in [1.82, 2.24) is 20.3 Å². The van der Waals surface area contributed by atoms with E-state index in [4.69, 9.17) is 9.47 Å². The number of rotatable bonds is 4. The summed E-state index contributed by atoms with van der Waals surface area (Å²) in [5, 5.41) is 6.29. The second-order valence-corrected chi connectivity index (χ2v) is 3.13. The lowest BCUT2D eigenvalue weighted by Gasteiger charge is -2.27. The normalized spacial score (nSPS) is 15.6. The van der Waals surface area contributed by atoms with Gasteiger partial charge in [-0.2, -0.15) is 9.97 Å². The van der Waals surface area contributed by atoms with Crippen LogP contribution in [0.5, 0.6) is 12.0 Å². The highest BCUT2D eigenvalue weighted by Gasteiger charge is 2.18. The van der Waals surface area contributed by atoms with E-state index in [9.17, 15) is 0 Å². The monoisotopic (exact) mass is 211 g/mol. The largest absolute Gasteiger partial charge is 0.467 e. The average molecular weight is 211 g/mol. The molecule has 1 aromatic rings. The lowest BCUT2D eigenvalue weighted by atomic mass is 10.2. The summed E-state index contributed by atoms with van der Waals surface area (Å²) in [6.45, 7) is 1.83. The van der Waals surface area contributed by atoms with E-state index in [2.05, 4.69) is 25.6 Å². The molecule has 1 fully saturated rings. The summed E-state index contributed by atoms with van der Waals surface area (Å²) >= 11 is 0. The standard InChI is InChI=1S/C8H13N5O2/c1-14-7-11-6(10-5-3-9-4-5)12-8(13-7)15-2/h5,9H,3-4H2,1-2H3,(H,10,11,12,13). The first-order valence-electron chi connectivity index (χ1n) is 4.63. The Morgan fingerprint density at radius 1 is 1.13 bits per heavy atom. The maximum atomic E-state index is 4.93. The van der Waals surface area contributed by atoms with Crippen LogP contribution in [0.1, 0.15) is 0 Å². The van der Waals surface area contributed by atoms with Crippen molar-refractivity contribution in [2.45, 2.75) is 6.04 Å². The molecule has 7 heteroatoms. The highest BCUT2D eigenvalue weighted by atomic mass is 16.5. The van der Waals surface area contributed by atoms with E-state index in [0.717, 1.165) is 13.1 Å². The summed E-state index contributed by atoms with van der Waals surface area (Å²) in [6.07, 6.45) is 0. The van der Waals surface area contributed by atoms with E-state index in [1.54, 1.807) is 0 Å². The number of ether oxygens (including phenoxy) is 2. The van der Waals surface area contributed by atoms with Crippen molar-refractivity contribution in [1.29, 1.82) is 0 Å². The van der Waals surface area contributed by atoms with Gasteiger partial charge in [0.15, 0.2) is 0 Å². The lowest BCUT2D eigenvalue weighted by Crippen LogP contribution is -2.51. The van der Waals surface area contributed by atoms with Crippen LogP contribution in [-0.2, 0) is 0 Å². The van der Waals surface area contributed by atoms with Crippen molar-refractivity contribution in [3.8, 4) is 12.0 Å². The average Bonchev–Trinajstić information content (AvgIpc) is 2.23. The molecule has 1 aromatic heterocycles. The summed E-state index contributed by atoms with van der Waals surface area (Å²) in [5.41, 5.74) is 0. The van der Waals surface area contributed by atoms with Gasteiger partial charge in [0.1, 0.15) is 0 Å². The molecule has 0 saturated carbocycles. The zero-order valence-corrected chi connectivity index (χ0v) is 8.65. The van der Waals surface area contributed by atoms with Crippen LogP contribution in [0, 0.1) is 0 Å². The molecule has 0 bridgehead atoms. The van der Waals surface area contributed by atoms with E-state index >= 15 is 0 Å². The van der Waals surface area contributed by atoms with Crippen LogP contribution in [-0.4, -0.2) is 48.3 Å². The molecule has 0 spiro atoms. The molecular formula is C8H13N5O2. The Hall–Kier alpha value is -1.63. The SMILES string of the molecule is COc1nc(NC2CNC2)nc(OC)n1. The highest BCUT2D eigenvalue weighted by Crippen LogP contribution is 2.13. The van der Waals surface area contributed by atoms with E-state index in [0.29, 0.717) is 12.0 Å². The first-order valence-corrected chi connectivity index (χ1v) is 4.63. The van der Waals surface area contributed by atoms with Crippen LogP contribution in [0.2, 0.25) is 0 Å². The van der Waals surface area contributed by atoms with Crippen molar-refractivity contribution in [2.75, 3.05) is 32.6 Å². The summed E-state index contributed by atoms with van der Waals surface area (Å²) in [6, 6.07) is 0.857. The molecule has 1 aliphatic heterocycles. The molecule has 0 radical (unpaired) electrons. The number of aromatic nitrogens is 3. The Balaban J connectivity index is 2.13. The Bertz CT molecular complexity index is 320. The minimum atomic E-state index is 0.247. The second-order valence-electron chi connectivity index (χ2n) is 3.13. The van der Waals surface area contributed by atoms with Crippen molar-refractivity contribution in [3.63, 3.8) is 0 Å². The van der Waals surface area contributed by atoms with Crippen LogP contribution in [0.15, 0.2) is 0 Å². The molecule has 0 unspecified atom stereocenters. The van der Waals surface area contributed by atoms with Gasteiger partial charge in [-0.15, -0.1) is 4.98 Å². The van der Waals surface area contributed by atoms with Gasteiger partial charge >= 0.3 is 12.0 Å². The fraction of sp³-hybridized carbons (Fsp3) is 0.625. The number of anilines is 1. The maximum absolute atomic E-state index is 4.93. The number of hydrogen-bond acceptors (Lipinski definition) is 7. The molecule has 2 N–H and O–H groups in total. The fourth-order valence-electron chi connectivity index (χ4n) is 1.16. The Labute approximate surface area is 87.2 Å². The van der Waals surface area contributed by atoms with E-state index < -0.39 is 0 Å². The predicted octanol–water partition coefficient (Wildman–Crippen LogP) is -0.728. The molecule has 2 heterocycles. The van der Waals surface area contributed by atoms with Gasteiger partial charge < -0.3 is 20.1 Å². The maximum Gasteiger partial charge on any atom is 0.324 e. The summed E-state index contributed by atoms with van der Waals surface area (Å²) in [7, 11) is 3.01. The van der Waals surface area contributed by atoms with E-state index in [1.165, 1.54) is 14.2 Å². The van der Waals surface area contributed by atoms with Gasteiger partial charge in [0.25, 0.3) is 0 Å². The minimum absolute atomic E-state index is 0.247. The first kappa shape index (κ1) is 9.91. The third kappa shape index (κ3) is 2.24. The predicted molar refractivity (Wildman–Crippen MR) is 53.2 cm³/mol. The molecule has 2 rings (SSSR count). The first-order chi connectivity index (χ1) is 7.31. The summed E-state index contributed by atoms with van der Waals surface area (Å²) < 4.78 is 9.87. The van der Waals surface area contributed by atoms with Crippen molar-refractivity contribution < 1.29 is 9.47 Å². The molecule has 0 atom stereocenters. The smallest absolute Gasteiger partial charge is 0.324 e. The van der Waals surface area contributed by atoms with Gasteiger partial charge in [-0.3, -0.25) is 0 Å². The molecule has 0 aromatic carbocycles. The molecule has 82 valence electrons.